The van der Waals surface area contributed by atoms with Gasteiger partial charge in [0.2, 0.25) is 10.0 Å². The van der Waals surface area contributed by atoms with Crippen LogP contribution in [0.3, 0.4) is 0 Å². The second-order valence-electron chi connectivity index (χ2n) is 10.5. The van der Waals surface area contributed by atoms with Crippen molar-refractivity contribution in [3.8, 4) is 11.1 Å². The van der Waals surface area contributed by atoms with Crippen LogP contribution in [-0.2, 0) is 16.6 Å². The molecule has 0 amide bonds. The smallest absolute Gasteiger partial charge is 0.243 e. The summed E-state index contributed by atoms with van der Waals surface area (Å²) in [7, 11) is 0.365. The zero-order valence-corrected chi connectivity index (χ0v) is 23.9. The second-order valence-corrected chi connectivity index (χ2v) is 12.5. The molecule has 4 aromatic rings. The van der Waals surface area contributed by atoms with Gasteiger partial charge in [-0.15, -0.1) is 0 Å². The highest BCUT2D eigenvalue weighted by atomic mass is 32.2. The molecule has 0 radical (unpaired) electrons. The first-order valence-electron chi connectivity index (χ1n) is 13.4. The molecule has 1 aliphatic heterocycles. The van der Waals surface area contributed by atoms with E-state index in [1.165, 1.54) is 6.07 Å². The molecule has 1 fully saturated rings. The largest absolute Gasteiger partial charge is 0.366 e. The molecule has 1 N–H and O–H groups in total. The molecule has 5 rings (SSSR count). The van der Waals surface area contributed by atoms with Crippen LogP contribution in [0, 0.1) is 5.82 Å². The van der Waals surface area contributed by atoms with Crippen molar-refractivity contribution in [2.24, 2.45) is 0 Å². The average molecular weight is 563 g/mol. The molecular weight excluding hydrogens is 527 g/mol. The van der Waals surface area contributed by atoms with E-state index in [4.69, 9.17) is 0 Å². The minimum absolute atomic E-state index is 0.0663. The number of anilines is 1. The van der Waals surface area contributed by atoms with Crippen LogP contribution >= 0.6 is 0 Å². The maximum Gasteiger partial charge on any atom is 0.243 e. The molecule has 0 bridgehead atoms. The van der Waals surface area contributed by atoms with Crippen LogP contribution in [0.25, 0.3) is 22.0 Å². The third-order valence-corrected chi connectivity index (χ3v) is 9.05. The minimum Gasteiger partial charge on any atom is -0.366 e. The van der Waals surface area contributed by atoms with Gasteiger partial charge in [0.25, 0.3) is 0 Å². The van der Waals surface area contributed by atoms with Crippen molar-refractivity contribution in [3.05, 3.63) is 84.4 Å². The molecular formula is C30H35FN6O2S. The molecule has 8 nitrogen and oxygen atoms in total. The molecule has 1 atom stereocenters. The number of nitrogens with zero attached hydrogens (tertiary/aromatic N) is 5. The van der Waals surface area contributed by atoms with Crippen LogP contribution in [0.15, 0.2) is 78.0 Å². The summed E-state index contributed by atoms with van der Waals surface area (Å²) in [5, 5.41) is 4.43. The van der Waals surface area contributed by atoms with Gasteiger partial charge in [-0.05, 0) is 56.9 Å². The lowest BCUT2D eigenvalue weighted by Gasteiger charge is -2.35. The van der Waals surface area contributed by atoms with Crippen LogP contribution < -0.4 is 5.32 Å². The van der Waals surface area contributed by atoms with Crippen molar-refractivity contribution in [2.75, 3.05) is 52.1 Å². The van der Waals surface area contributed by atoms with Gasteiger partial charge in [-0.3, -0.25) is 4.90 Å². The molecule has 0 aliphatic carbocycles. The van der Waals surface area contributed by atoms with E-state index in [0.29, 0.717) is 43.2 Å². The van der Waals surface area contributed by atoms with E-state index < -0.39 is 10.0 Å². The van der Waals surface area contributed by atoms with Crippen LogP contribution in [0.1, 0.15) is 12.5 Å². The van der Waals surface area contributed by atoms with Crippen molar-refractivity contribution in [2.45, 2.75) is 24.4 Å². The van der Waals surface area contributed by atoms with Crippen molar-refractivity contribution < 1.29 is 12.8 Å². The highest BCUT2D eigenvalue weighted by molar-refractivity contribution is 7.89. The summed E-state index contributed by atoms with van der Waals surface area (Å²) in [5.74, 6) is 0.516. The molecule has 10 heteroatoms. The van der Waals surface area contributed by atoms with Crippen LogP contribution in [0.4, 0.5) is 10.2 Å². The summed E-state index contributed by atoms with van der Waals surface area (Å²) in [5.41, 5.74) is 3.27. The first kappa shape index (κ1) is 28.1. The maximum absolute atomic E-state index is 14.4. The number of fused-ring (bicyclic) bond motifs is 1. The summed E-state index contributed by atoms with van der Waals surface area (Å²) in [6, 6.07) is 19.8. The number of halogens is 1. The molecule has 1 saturated heterocycles. The molecule has 0 spiro atoms. The third kappa shape index (κ3) is 6.15. The Morgan fingerprint density at radius 2 is 1.73 bits per heavy atom. The number of hydrogen-bond donors (Lipinski definition) is 1. The Kier molecular flexibility index (Phi) is 8.41. The van der Waals surface area contributed by atoms with Crippen LogP contribution in [-0.4, -0.2) is 85.4 Å². The zero-order valence-electron chi connectivity index (χ0n) is 23.1. The van der Waals surface area contributed by atoms with Gasteiger partial charge in [0.15, 0.2) is 0 Å². The number of piperazine rings is 1. The van der Waals surface area contributed by atoms with Gasteiger partial charge in [-0.2, -0.15) is 4.31 Å². The Balaban J connectivity index is 1.27. The Bertz CT molecular complexity index is 1570. The van der Waals surface area contributed by atoms with Gasteiger partial charge in [-0.1, -0.05) is 36.4 Å². The highest BCUT2D eigenvalue weighted by Crippen LogP contribution is 2.31. The summed E-state index contributed by atoms with van der Waals surface area (Å²) in [6.45, 7) is 5.58. The number of benzene rings is 3. The first-order valence-corrected chi connectivity index (χ1v) is 14.9. The highest BCUT2D eigenvalue weighted by Gasteiger charge is 2.28. The minimum atomic E-state index is -3.47. The van der Waals surface area contributed by atoms with Gasteiger partial charge in [0.1, 0.15) is 18.0 Å². The van der Waals surface area contributed by atoms with E-state index in [1.54, 1.807) is 41.0 Å². The van der Waals surface area contributed by atoms with E-state index in [2.05, 4.69) is 27.1 Å². The fourth-order valence-corrected chi connectivity index (χ4v) is 6.64. The lowest BCUT2D eigenvalue weighted by molar-refractivity contribution is 0.184. The summed E-state index contributed by atoms with van der Waals surface area (Å²) in [4.78, 5) is 13.7. The summed E-state index contributed by atoms with van der Waals surface area (Å²) >= 11 is 0. The van der Waals surface area contributed by atoms with E-state index in [9.17, 15) is 12.8 Å². The monoisotopic (exact) mass is 562 g/mol. The topological polar surface area (TPSA) is 81.7 Å². The number of sulfonamides is 1. The van der Waals surface area contributed by atoms with E-state index in [0.717, 1.165) is 34.4 Å². The molecule has 1 aliphatic rings. The number of aromatic nitrogens is 2. The van der Waals surface area contributed by atoms with E-state index in [-0.39, 0.29) is 11.9 Å². The van der Waals surface area contributed by atoms with Gasteiger partial charge in [-0.25, -0.2) is 22.8 Å². The molecule has 40 heavy (non-hydrogen) atoms. The quantitative estimate of drug-likeness (QED) is 0.326. The molecule has 0 unspecified atom stereocenters. The SMILES string of the molecule is C[C@@H](CN1CCN(S(=O)(=O)c2ccccc2)CC1)Nc1ncnc2c(-c3ccc(F)c(CN(C)C)c3)cccc12. The molecule has 210 valence electrons. The lowest BCUT2D eigenvalue weighted by atomic mass is 9.99. The van der Waals surface area contributed by atoms with Crippen molar-refractivity contribution >= 4 is 26.7 Å². The number of hydrogen-bond acceptors (Lipinski definition) is 7. The molecule has 0 saturated carbocycles. The summed E-state index contributed by atoms with van der Waals surface area (Å²) in [6.07, 6.45) is 1.55. The molecule has 3 aromatic carbocycles. The van der Waals surface area contributed by atoms with Gasteiger partial charge >= 0.3 is 0 Å². The molecule has 2 heterocycles. The Labute approximate surface area is 235 Å². The third-order valence-electron chi connectivity index (χ3n) is 7.14. The van der Waals surface area contributed by atoms with Crippen molar-refractivity contribution in [1.29, 1.82) is 0 Å². The first-order chi connectivity index (χ1) is 19.2. The number of nitrogens with one attached hydrogen (secondary N) is 1. The average Bonchev–Trinajstić information content (AvgIpc) is 2.95. The number of para-hydroxylation sites is 1. The van der Waals surface area contributed by atoms with Gasteiger partial charge in [0, 0.05) is 61.8 Å². The van der Waals surface area contributed by atoms with Crippen LogP contribution in [0.2, 0.25) is 0 Å². The Morgan fingerprint density at radius 1 is 0.975 bits per heavy atom. The Morgan fingerprint density at radius 3 is 2.45 bits per heavy atom. The molecule has 1 aromatic heterocycles. The predicted octanol–water partition coefficient (Wildman–Crippen LogP) is 4.30. The fraction of sp³-hybridized carbons (Fsp3) is 0.333. The second kappa shape index (κ2) is 12.0. The standard InChI is InChI=1S/C30H35FN6O2S/c1-22(19-36-14-16-37(17-15-36)40(38,39)25-8-5-4-6-9-25)34-30-27-11-7-10-26(29(27)32-21-33-30)23-12-13-28(31)24(18-23)20-35(2)3/h4-13,18,21-22H,14-17,19-20H2,1-3H3,(H,32,33,34)/t22-/m0/s1. The number of rotatable bonds is 9. The van der Waals surface area contributed by atoms with Crippen molar-refractivity contribution in [3.63, 3.8) is 0 Å². The summed E-state index contributed by atoms with van der Waals surface area (Å²) < 4.78 is 41.9. The van der Waals surface area contributed by atoms with Crippen molar-refractivity contribution in [1.82, 2.24) is 24.1 Å². The van der Waals surface area contributed by atoms with Crippen LogP contribution in [0.5, 0.6) is 0 Å². The van der Waals surface area contributed by atoms with Gasteiger partial charge in [0.05, 0.1) is 10.4 Å². The predicted molar refractivity (Wildman–Crippen MR) is 157 cm³/mol. The van der Waals surface area contributed by atoms with Gasteiger partial charge < -0.3 is 10.2 Å². The fourth-order valence-electron chi connectivity index (χ4n) is 5.20. The maximum atomic E-state index is 14.4. The zero-order chi connectivity index (χ0) is 28.3. The van der Waals surface area contributed by atoms with E-state index >= 15 is 0 Å². The normalized spacial score (nSPS) is 15.9. The lowest BCUT2D eigenvalue weighted by Crippen LogP contribution is -2.50. The Hall–Kier alpha value is -3.44. The van der Waals surface area contributed by atoms with E-state index in [1.807, 2.05) is 49.3 Å².